The molecule has 3 rings (SSSR count). The predicted molar refractivity (Wildman–Crippen MR) is 135 cm³/mol. The number of aromatic nitrogens is 2. The SMILES string of the molecule is CCCN(CCC)c1cc(N/N=C/c2cccc(C)c2)nc(OCCc2cnc(C)s2)c1. The van der Waals surface area contributed by atoms with Gasteiger partial charge in [-0.1, -0.05) is 43.7 Å². The maximum atomic E-state index is 6.04. The highest BCUT2D eigenvalue weighted by atomic mass is 32.1. The molecule has 0 radical (unpaired) electrons. The smallest absolute Gasteiger partial charge is 0.217 e. The molecule has 1 aromatic carbocycles. The van der Waals surface area contributed by atoms with E-state index in [1.807, 2.05) is 43.6 Å². The highest BCUT2D eigenvalue weighted by Crippen LogP contribution is 2.25. The van der Waals surface area contributed by atoms with Crippen molar-refractivity contribution < 1.29 is 4.74 Å². The van der Waals surface area contributed by atoms with Crippen molar-refractivity contribution in [3.05, 3.63) is 63.6 Å². The number of benzene rings is 1. The van der Waals surface area contributed by atoms with E-state index in [9.17, 15) is 0 Å². The van der Waals surface area contributed by atoms with Crippen molar-refractivity contribution in [3.8, 4) is 5.88 Å². The van der Waals surface area contributed by atoms with E-state index in [1.165, 1.54) is 10.4 Å². The molecular weight excluding hydrogens is 418 g/mol. The lowest BCUT2D eigenvalue weighted by Gasteiger charge is -2.24. The topological polar surface area (TPSA) is 62.6 Å². The summed E-state index contributed by atoms with van der Waals surface area (Å²) in [5, 5.41) is 5.48. The van der Waals surface area contributed by atoms with Crippen molar-refractivity contribution in [2.24, 2.45) is 5.10 Å². The van der Waals surface area contributed by atoms with Crippen LogP contribution in [-0.4, -0.2) is 35.9 Å². The monoisotopic (exact) mass is 451 g/mol. The molecule has 0 spiro atoms. The van der Waals surface area contributed by atoms with Gasteiger partial charge in [0.2, 0.25) is 5.88 Å². The van der Waals surface area contributed by atoms with Crippen molar-refractivity contribution >= 4 is 29.1 Å². The van der Waals surface area contributed by atoms with Crippen LogP contribution in [0.25, 0.3) is 0 Å². The number of rotatable bonds is 12. The minimum Gasteiger partial charge on any atom is -0.477 e. The second-order valence-electron chi connectivity index (χ2n) is 7.76. The molecule has 0 unspecified atom stereocenters. The van der Waals surface area contributed by atoms with Crippen LogP contribution in [0.5, 0.6) is 5.88 Å². The second-order valence-corrected chi connectivity index (χ2v) is 9.08. The van der Waals surface area contributed by atoms with Crippen LogP contribution < -0.4 is 15.1 Å². The van der Waals surface area contributed by atoms with Crippen LogP contribution >= 0.6 is 11.3 Å². The zero-order valence-electron chi connectivity index (χ0n) is 19.5. The summed E-state index contributed by atoms with van der Waals surface area (Å²) < 4.78 is 6.04. The summed E-state index contributed by atoms with van der Waals surface area (Å²) in [7, 11) is 0. The summed E-state index contributed by atoms with van der Waals surface area (Å²) >= 11 is 1.71. The summed E-state index contributed by atoms with van der Waals surface area (Å²) in [6.45, 7) is 11.0. The van der Waals surface area contributed by atoms with E-state index in [0.29, 0.717) is 18.3 Å². The van der Waals surface area contributed by atoms with Crippen molar-refractivity contribution in [3.63, 3.8) is 0 Å². The maximum absolute atomic E-state index is 6.04. The number of pyridine rings is 1. The molecule has 0 saturated carbocycles. The van der Waals surface area contributed by atoms with Gasteiger partial charge in [0.1, 0.15) is 0 Å². The molecule has 0 amide bonds. The first kappa shape index (κ1) is 23.7. The third kappa shape index (κ3) is 7.34. The standard InChI is InChI=1S/C25H33N5OS/c1-5-11-30(12-6-2)22-15-24(29-27-17-21-9-7-8-19(3)14-21)28-25(16-22)31-13-10-23-18-26-20(4)32-23/h7-9,14-18H,5-6,10-13H2,1-4H3,(H,28,29)/b27-17+. The van der Waals surface area contributed by atoms with Gasteiger partial charge in [-0.25, -0.2) is 4.98 Å². The van der Waals surface area contributed by atoms with E-state index in [4.69, 9.17) is 4.74 Å². The van der Waals surface area contributed by atoms with Crippen molar-refractivity contribution in [1.82, 2.24) is 9.97 Å². The van der Waals surface area contributed by atoms with E-state index >= 15 is 0 Å². The van der Waals surface area contributed by atoms with Gasteiger partial charge in [-0.05, 0) is 32.3 Å². The molecule has 170 valence electrons. The third-order valence-corrected chi connectivity index (χ3v) is 5.81. The Morgan fingerprint density at radius 3 is 2.62 bits per heavy atom. The number of hydrazone groups is 1. The van der Waals surface area contributed by atoms with Gasteiger partial charge in [-0.3, -0.25) is 5.43 Å². The molecule has 6 nitrogen and oxygen atoms in total. The summed E-state index contributed by atoms with van der Waals surface area (Å²) in [6, 6.07) is 12.3. The lowest BCUT2D eigenvalue weighted by atomic mass is 10.2. The molecule has 2 heterocycles. The Morgan fingerprint density at radius 2 is 1.94 bits per heavy atom. The lowest BCUT2D eigenvalue weighted by Crippen LogP contribution is -2.25. The number of hydrogen-bond donors (Lipinski definition) is 1. The molecule has 0 aliphatic rings. The van der Waals surface area contributed by atoms with Gasteiger partial charge in [0.25, 0.3) is 0 Å². The minimum absolute atomic E-state index is 0.561. The molecule has 0 aliphatic heterocycles. The largest absolute Gasteiger partial charge is 0.477 e. The van der Waals surface area contributed by atoms with Gasteiger partial charge in [0.15, 0.2) is 5.82 Å². The van der Waals surface area contributed by atoms with Crippen LogP contribution in [0.1, 0.15) is 47.7 Å². The number of ether oxygens (including phenoxy) is 1. The molecule has 0 bridgehead atoms. The zero-order valence-corrected chi connectivity index (χ0v) is 20.3. The Labute approximate surface area is 195 Å². The van der Waals surface area contributed by atoms with E-state index in [0.717, 1.165) is 48.6 Å². The van der Waals surface area contributed by atoms with Gasteiger partial charge in [0, 0.05) is 48.4 Å². The van der Waals surface area contributed by atoms with Crippen LogP contribution in [0.15, 0.2) is 47.7 Å². The first-order valence-electron chi connectivity index (χ1n) is 11.2. The molecule has 0 atom stereocenters. The summed E-state index contributed by atoms with van der Waals surface area (Å²) in [5.41, 5.74) is 6.43. The van der Waals surface area contributed by atoms with Crippen LogP contribution in [0.4, 0.5) is 11.5 Å². The van der Waals surface area contributed by atoms with E-state index in [1.54, 1.807) is 11.3 Å². The Morgan fingerprint density at radius 1 is 1.12 bits per heavy atom. The van der Waals surface area contributed by atoms with Crippen molar-refractivity contribution in [1.29, 1.82) is 0 Å². The summed E-state index contributed by atoms with van der Waals surface area (Å²) in [5.74, 6) is 1.28. The Bertz CT molecular complexity index is 1010. The average Bonchev–Trinajstić information content (AvgIpc) is 3.18. The third-order valence-electron chi connectivity index (χ3n) is 4.84. The fraction of sp³-hybridized carbons (Fsp3) is 0.400. The molecule has 7 heteroatoms. The van der Waals surface area contributed by atoms with E-state index in [2.05, 4.69) is 58.3 Å². The van der Waals surface area contributed by atoms with E-state index in [-0.39, 0.29) is 0 Å². The number of thiazole rings is 1. The number of aryl methyl sites for hydroxylation is 2. The van der Waals surface area contributed by atoms with Gasteiger partial charge >= 0.3 is 0 Å². The normalized spacial score (nSPS) is 11.1. The average molecular weight is 452 g/mol. The number of nitrogens with zero attached hydrogens (tertiary/aromatic N) is 4. The zero-order chi connectivity index (χ0) is 22.8. The van der Waals surface area contributed by atoms with E-state index < -0.39 is 0 Å². The van der Waals surface area contributed by atoms with Crippen LogP contribution in [0.3, 0.4) is 0 Å². The lowest BCUT2D eigenvalue weighted by molar-refractivity contribution is 0.311. The maximum Gasteiger partial charge on any atom is 0.217 e. The van der Waals surface area contributed by atoms with Gasteiger partial charge in [-0.2, -0.15) is 10.1 Å². The first-order chi connectivity index (χ1) is 15.6. The Kier molecular flexibility index (Phi) is 9.04. The fourth-order valence-electron chi connectivity index (χ4n) is 3.42. The molecule has 3 aromatic rings. The molecule has 0 saturated heterocycles. The number of anilines is 2. The first-order valence-corrected chi connectivity index (χ1v) is 12.1. The molecular formula is C25H33N5OS. The quantitative estimate of drug-likeness (QED) is 0.276. The molecule has 0 fully saturated rings. The Balaban J connectivity index is 1.75. The van der Waals surface area contributed by atoms with Crippen molar-refractivity contribution in [2.75, 3.05) is 30.0 Å². The summed E-state index contributed by atoms with van der Waals surface area (Å²) in [6.07, 6.45) is 6.71. The van der Waals surface area contributed by atoms with Gasteiger partial charge < -0.3 is 9.64 Å². The second kappa shape index (κ2) is 12.2. The molecule has 1 N–H and O–H groups in total. The highest BCUT2D eigenvalue weighted by molar-refractivity contribution is 7.11. The van der Waals surface area contributed by atoms with Gasteiger partial charge in [0.05, 0.1) is 17.8 Å². The highest BCUT2D eigenvalue weighted by Gasteiger charge is 2.10. The fourth-order valence-corrected chi connectivity index (χ4v) is 4.19. The number of hydrogen-bond acceptors (Lipinski definition) is 7. The minimum atomic E-state index is 0.561. The molecule has 0 aliphatic carbocycles. The summed E-state index contributed by atoms with van der Waals surface area (Å²) in [4.78, 5) is 12.5. The van der Waals surface area contributed by atoms with Gasteiger partial charge in [-0.15, -0.1) is 11.3 Å². The molecule has 32 heavy (non-hydrogen) atoms. The number of nitrogens with one attached hydrogen (secondary N) is 1. The predicted octanol–water partition coefficient (Wildman–Crippen LogP) is 5.85. The Hall–Kier alpha value is -2.93. The van der Waals surface area contributed by atoms with Crippen molar-refractivity contribution in [2.45, 2.75) is 47.0 Å². The van der Waals surface area contributed by atoms with Crippen LogP contribution in [0.2, 0.25) is 0 Å². The molecule has 2 aromatic heterocycles. The van der Waals surface area contributed by atoms with Crippen LogP contribution in [0, 0.1) is 13.8 Å². The van der Waals surface area contributed by atoms with Crippen LogP contribution in [-0.2, 0) is 6.42 Å².